The Balaban J connectivity index is 0. The minimum Gasteiger partial charge on any atom is -0.0988 e. The first-order chi connectivity index (χ1) is 4.22. The summed E-state index contributed by atoms with van der Waals surface area (Å²) >= 11 is 0. The molecule has 0 aliphatic carbocycles. The SMILES string of the molecule is C=C/C(C)=C\C.CCC. The summed E-state index contributed by atoms with van der Waals surface area (Å²) in [6, 6.07) is 0. The smallest absolute Gasteiger partial charge is 0.0401 e. The van der Waals surface area contributed by atoms with Gasteiger partial charge in [0.25, 0.3) is 0 Å². The van der Waals surface area contributed by atoms with Crippen molar-refractivity contribution in [3.63, 3.8) is 0 Å². The number of allylic oxidation sites excluding steroid dienone is 3. The monoisotopic (exact) mass is 126 g/mol. The molecule has 0 spiro atoms. The highest BCUT2D eigenvalue weighted by Crippen LogP contribution is 1.88. The van der Waals surface area contributed by atoms with Crippen LogP contribution in [0.4, 0.5) is 0 Å². The normalized spacial score (nSPS) is 9.56. The zero-order valence-corrected chi connectivity index (χ0v) is 7.07. The predicted octanol–water partition coefficient (Wildman–Crippen LogP) is 3.55. The molecule has 0 aromatic carbocycles. The van der Waals surface area contributed by atoms with Gasteiger partial charge in [-0.25, -0.2) is 0 Å². The zero-order valence-electron chi connectivity index (χ0n) is 7.07. The van der Waals surface area contributed by atoms with Crippen LogP contribution in [-0.2, 0) is 0 Å². The van der Waals surface area contributed by atoms with Crippen LogP contribution in [0.3, 0.4) is 0 Å². The van der Waals surface area contributed by atoms with Gasteiger partial charge in [-0.3, -0.25) is 0 Å². The third kappa shape index (κ3) is 18.5. The Morgan fingerprint density at radius 2 is 1.78 bits per heavy atom. The first-order valence-electron chi connectivity index (χ1n) is 3.48. The molecular weight excluding hydrogens is 108 g/mol. The molecule has 0 saturated carbocycles. The fraction of sp³-hybridized carbons (Fsp3) is 0.556. The van der Waals surface area contributed by atoms with E-state index in [1.54, 1.807) is 0 Å². The highest BCUT2D eigenvalue weighted by atomic mass is 13.7. The lowest BCUT2D eigenvalue weighted by atomic mass is 10.3. The van der Waals surface area contributed by atoms with Crippen molar-refractivity contribution in [2.24, 2.45) is 0 Å². The maximum atomic E-state index is 3.56. The van der Waals surface area contributed by atoms with E-state index in [2.05, 4.69) is 20.4 Å². The van der Waals surface area contributed by atoms with Crippen molar-refractivity contribution in [1.29, 1.82) is 0 Å². The molecule has 0 atom stereocenters. The first-order valence-corrected chi connectivity index (χ1v) is 3.48. The molecule has 9 heavy (non-hydrogen) atoms. The van der Waals surface area contributed by atoms with E-state index in [9.17, 15) is 0 Å². The minimum atomic E-state index is 1.23. The van der Waals surface area contributed by atoms with Gasteiger partial charge in [0.05, 0.1) is 0 Å². The van der Waals surface area contributed by atoms with Gasteiger partial charge in [0.2, 0.25) is 0 Å². The van der Waals surface area contributed by atoms with Gasteiger partial charge in [-0.2, -0.15) is 0 Å². The largest absolute Gasteiger partial charge is 0.0988 e. The Bertz CT molecular complexity index is 78.0. The lowest BCUT2D eigenvalue weighted by Crippen LogP contribution is -1.57. The highest BCUT2D eigenvalue weighted by molar-refractivity contribution is 5.10. The van der Waals surface area contributed by atoms with Crippen LogP contribution in [0.15, 0.2) is 24.3 Å². The first kappa shape index (κ1) is 11.3. The lowest BCUT2D eigenvalue weighted by Gasteiger charge is -1.78. The second-order valence-corrected chi connectivity index (χ2v) is 1.94. The van der Waals surface area contributed by atoms with Crippen LogP contribution >= 0.6 is 0 Å². The molecule has 0 saturated heterocycles. The molecule has 0 amide bonds. The Labute approximate surface area is 59.3 Å². The van der Waals surface area contributed by atoms with Crippen molar-refractivity contribution >= 4 is 0 Å². The summed E-state index contributed by atoms with van der Waals surface area (Å²) in [5.41, 5.74) is 1.23. The lowest BCUT2D eigenvalue weighted by molar-refractivity contribution is 1.09. The third-order valence-electron chi connectivity index (χ3n) is 0.777. The molecule has 0 unspecified atom stereocenters. The van der Waals surface area contributed by atoms with Crippen LogP contribution in [0.25, 0.3) is 0 Å². The standard InChI is InChI=1S/C6H10.C3H8/c1-4-6(3)5-2;1-3-2/h4-5H,1H2,2-3H3;3H2,1-2H3/b6-5-;. The molecule has 0 aliphatic heterocycles. The summed E-state index contributed by atoms with van der Waals surface area (Å²) in [5, 5.41) is 0. The molecule has 0 fully saturated rings. The topological polar surface area (TPSA) is 0 Å². The molecule has 0 aliphatic rings. The fourth-order valence-electron chi connectivity index (χ4n) is 0.118. The van der Waals surface area contributed by atoms with Crippen molar-refractivity contribution in [2.45, 2.75) is 34.1 Å². The summed E-state index contributed by atoms with van der Waals surface area (Å²) < 4.78 is 0. The number of hydrogen-bond donors (Lipinski definition) is 0. The molecule has 0 bridgehead atoms. The van der Waals surface area contributed by atoms with Crippen molar-refractivity contribution in [3.8, 4) is 0 Å². The highest BCUT2D eigenvalue weighted by Gasteiger charge is 1.66. The van der Waals surface area contributed by atoms with Gasteiger partial charge in [0.15, 0.2) is 0 Å². The fourth-order valence-corrected chi connectivity index (χ4v) is 0.118. The molecule has 0 heterocycles. The van der Waals surface area contributed by atoms with Gasteiger partial charge in [-0.15, -0.1) is 0 Å². The van der Waals surface area contributed by atoms with Gasteiger partial charge in [0.1, 0.15) is 0 Å². The van der Waals surface area contributed by atoms with Crippen molar-refractivity contribution < 1.29 is 0 Å². The van der Waals surface area contributed by atoms with Crippen molar-refractivity contribution in [3.05, 3.63) is 24.3 Å². The summed E-state index contributed by atoms with van der Waals surface area (Å²) in [5.74, 6) is 0. The van der Waals surface area contributed by atoms with Gasteiger partial charge in [-0.05, 0) is 13.8 Å². The van der Waals surface area contributed by atoms with E-state index in [1.165, 1.54) is 12.0 Å². The van der Waals surface area contributed by atoms with E-state index in [-0.39, 0.29) is 0 Å². The molecule has 54 valence electrons. The Morgan fingerprint density at radius 1 is 1.44 bits per heavy atom. The molecule has 0 rings (SSSR count). The maximum absolute atomic E-state index is 3.56. The average molecular weight is 126 g/mol. The van der Waals surface area contributed by atoms with Crippen LogP contribution in [-0.4, -0.2) is 0 Å². The van der Waals surface area contributed by atoms with Gasteiger partial charge < -0.3 is 0 Å². The van der Waals surface area contributed by atoms with Crippen LogP contribution in [0.2, 0.25) is 0 Å². The molecule has 0 nitrogen and oxygen atoms in total. The van der Waals surface area contributed by atoms with Gasteiger partial charge >= 0.3 is 0 Å². The molecule has 0 heteroatoms. The second-order valence-electron chi connectivity index (χ2n) is 1.94. The summed E-state index contributed by atoms with van der Waals surface area (Å²) in [4.78, 5) is 0. The van der Waals surface area contributed by atoms with E-state index in [0.717, 1.165) is 0 Å². The van der Waals surface area contributed by atoms with Crippen LogP contribution in [0, 0.1) is 0 Å². The molecule has 0 aromatic rings. The van der Waals surface area contributed by atoms with Gasteiger partial charge in [-0.1, -0.05) is 44.6 Å². The quantitative estimate of drug-likeness (QED) is 0.471. The molecule has 0 aromatic heterocycles. The van der Waals surface area contributed by atoms with E-state index in [4.69, 9.17) is 0 Å². The van der Waals surface area contributed by atoms with E-state index >= 15 is 0 Å². The van der Waals surface area contributed by atoms with Crippen molar-refractivity contribution in [2.75, 3.05) is 0 Å². The van der Waals surface area contributed by atoms with Gasteiger partial charge in [0, 0.05) is 0 Å². The number of rotatable bonds is 1. The van der Waals surface area contributed by atoms with E-state index in [0.29, 0.717) is 0 Å². The Morgan fingerprint density at radius 3 is 1.78 bits per heavy atom. The van der Waals surface area contributed by atoms with Crippen LogP contribution in [0.5, 0.6) is 0 Å². The Kier molecular flexibility index (Phi) is 13.1. The average Bonchev–Trinajstić information content (AvgIpc) is 1.88. The number of hydrogen-bond acceptors (Lipinski definition) is 0. The zero-order chi connectivity index (χ0) is 7.70. The van der Waals surface area contributed by atoms with Crippen LogP contribution < -0.4 is 0 Å². The Hall–Kier alpha value is -0.520. The van der Waals surface area contributed by atoms with Crippen molar-refractivity contribution in [1.82, 2.24) is 0 Å². The third-order valence-corrected chi connectivity index (χ3v) is 0.777. The molecule has 0 N–H and O–H groups in total. The van der Waals surface area contributed by atoms with E-state index in [1.807, 2.05) is 26.0 Å². The summed E-state index contributed by atoms with van der Waals surface area (Å²) in [6.07, 6.45) is 5.10. The second kappa shape index (κ2) is 10.5. The summed E-state index contributed by atoms with van der Waals surface area (Å²) in [7, 11) is 0. The summed E-state index contributed by atoms with van der Waals surface area (Å²) in [6.45, 7) is 11.8. The minimum absolute atomic E-state index is 1.23. The van der Waals surface area contributed by atoms with Crippen LogP contribution in [0.1, 0.15) is 34.1 Å². The molecule has 0 radical (unpaired) electrons. The predicted molar refractivity (Wildman–Crippen MR) is 45.6 cm³/mol. The van der Waals surface area contributed by atoms with E-state index < -0.39 is 0 Å². The molecular formula is C9H18. The maximum Gasteiger partial charge on any atom is -0.0401 e.